The minimum Gasteiger partial charge on any atom is -0.482 e. The van der Waals surface area contributed by atoms with Gasteiger partial charge in [-0.25, -0.2) is 8.78 Å². The van der Waals surface area contributed by atoms with Crippen LogP contribution in [0.4, 0.5) is 14.5 Å². The Hall–Kier alpha value is -3.53. The maximum absolute atomic E-state index is 13.8. The Morgan fingerprint density at radius 1 is 1.12 bits per heavy atom. The van der Waals surface area contributed by atoms with Crippen molar-refractivity contribution in [2.75, 3.05) is 44.4 Å². The van der Waals surface area contributed by atoms with E-state index in [1.807, 2.05) is 0 Å². The molecule has 2 aromatic rings. The van der Waals surface area contributed by atoms with Gasteiger partial charge >= 0.3 is 0 Å². The topological polar surface area (TPSA) is 85.4 Å². The summed E-state index contributed by atoms with van der Waals surface area (Å²) in [5.41, 5.74) is 0.477. The van der Waals surface area contributed by atoms with Crippen molar-refractivity contribution in [1.29, 1.82) is 0 Å². The lowest BCUT2D eigenvalue weighted by Gasteiger charge is -2.37. The summed E-state index contributed by atoms with van der Waals surface area (Å²) in [5, 5.41) is 0. The largest absolute Gasteiger partial charge is 0.482 e. The lowest BCUT2D eigenvalue weighted by atomic mass is 10.1. The first kappa shape index (κ1) is 22.7. The number of ketones is 1. The molecule has 4 rings (SSSR count). The van der Waals surface area contributed by atoms with Gasteiger partial charge < -0.3 is 19.1 Å². The zero-order chi connectivity index (χ0) is 23.5. The number of morpholine rings is 1. The lowest BCUT2D eigenvalue weighted by Crippen LogP contribution is -2.54. The molecule has 0 aromatic heterocycles. The molecule has 0 unspecified atom stereocenters. The average Bonchev–Trinajstić information content (AvgIpc) is 2.82. The van der Waals surface area contributed by atoms with E-state index >= 15 is 0 Å². The number of ether oxygens (including phenoxy) is 3. The van der Waals surface area contributed by atoms with E-state index in [2.05, 4.69) is 0 Å². The highest BCUT2D eigenvalue weighted by Gasteiger charge is 2.36. The van der Waals surface area contributed by atoms with Crippen LogP contribution in [0.25, 0.3) is 0 Å². The number of nitrogens with zero attached hydrogens (tertiary/aromatic N) is 2. The monoisotopic (exact) mass is 460 g/mol. The van der Waals surface area contributed by atoms with Gasteiger partial charge in [-0.05, 0) is 37.3 Å². The van der Waals surface area contributed by atoms with Crippen LogP contribution in [0.5, 0.6) is 11.5 Å². The Kier molecular flexibility index (Phi) is 6.55. The first-order valence-electron chi connectivity index (χ1n) is 10.4. The smallest absolute Gasteiger partial charge is 0.265 e. The van der Waals surface area contributed by atoms with Crippen LogP contribution in [0, 0.1) is 11.6 Å². The van der Waals surface area contributed by atoms with Crippen molar-refractivity contribution >= 4 is 23.3 Å². The van der Waals surface area contributed by atoms with Crippen molar-refractivity contribution in [3.05, 3.63) is 53.6 Å². The van der Waals surface area contributed by atoms with E-state index in [9.17, 15) is 23.2 Å². The Morgan fingerprint density at radius 2 is 1.88 bits per heavy atom. The number of rotatable bonds is 6. The van der Waals surface area contributed by atoms with Crippen molar-refractivity contribution in [1.82, 2.24) is 4.90 Å². The molecule has 2 aliphatic heterocycles. The highest BCUT2D eigenvalue weighted by Crippen LogP contribution is 2.35. The second-order valence-electron chi connectivity index (χ2n) is 7.64. The summed E-state index contributed by atoms with van der Waals surface area (Å²) in [4.78, 5) is 41.3. The Morgan fingerprint density at radius 3 is 2.61 bits per heavy atom. The van der Waals surface area contributed by atoms with Gasteiger partial charge in [0.25, 0.3) is 5.91 Å². The maximum atomic E-state index is 13.8. The van der Waals surface area contributed by atoms with Crippen LogP contribution in [-0.4, -0.2) is 68.1 Å². The van der Waals surface area contributed by atoms with Crippen molar-refractivity contribution in [2.45, 2.75) is 13.0 Å². The SMILES string of the molecule is C[C@H](C(=O)N1CCOCC1)N1C(=O)COc2ccc(C(=O)COc3ccc(F)cc3F)cc21. The van der Waals surface area contributed by atoms with Crippen LogP contribution in [0.3, 0.4) is 0 Å². The highest BCUT2D eigenvalue weighted by molar-refractivity contribution is 6.05. The summed E-state index contributed by atoms with van der Waals surface area (Å²) in [5.74, 6) is -2.71. The summed E-state index contributed by atoms with van der Waals surface area (Å²) in [7, 11) is 0. The molecule has 8 nitrogen and oxygen atoms in total. The predicted octanol–water partition coefficient (Wildman–Crippen LogP) is 2.20. The van der Waals surface area contributed by atoms with Crippen molar-refractivity contribution < 1.29 is 37.4 Å². The lowest BCUT2D eigenvalue weighted by molar-refractivity contribution is -0.138. The number of carbonyl (C=O) groups is 3. The number of benzene rings is 2. The van der Waals surface area contributed by atoms with Crippen LogP contribution in [0.1, 0.15) is 17.3 Å². The van der Waals surface area contributed by atoms with E-state index in [0.29, 0.717) is 43.8 Å². The molecule has 1 fully saturated rings. The van der Waals surface area contributed by atoms with E-state index in [1.54, 1.807) is 11.8 Å². The molecule has 2 aliphatic rings. The fourth-order valence-corrected chi connectivity index (χ4v) is 3.75. The number of hydrogen-bond acceptors (Lipinski definition) is 6. The first-order chi connectivity index (χ1) is 15.8. The second kappa shape index (κ2) is 9.53. The fraction of sp³-hybridized carbons (Fsp3) is 0.348. The van der Waals surface area contributed by atoms with Crippen molar-refractivity contribution in [3.63, 3.8) is 0 Å². The molecule has 0 radical (unpaired) electrons. The Labute approximate surface area is 188 Å². The van der Waals surface area contributed by atoms with Gasteiger partial charge in [-0.3, -0.25) is 19.3 Å². The molecule has 33 heavy (non-hydrogen) atoms. The zero-order valence-electron chi connectivity index (χ0n) is 17.9. The van der Waals surface area contributed by atoms with Crippen LogP contribution in [-0.2, 0) is 14.3 Å². The number of Topliss-reactive ketones (excluding diaryl/α,β-unsaturated/α-hetero) is 1. The summed E-state index contributed by atoms with van der Waals surface area (Å²) in [6.07, 6.45) is 0. The number of fused-ring (bicyclic) bond motifs is 1. The fourth-order valence-electron chi connectivity index (χ4n) is 3.75. The van der Waals surface area contributed by atoms with Gasteiger partial charge in [0.2, 0.25) is 5.91 Å². The molecule has 2 heterocycles. The van der Waals surface area contributed by atoms with Gasteiger partial charge in [-0.15, -0.1) is 0 Å². The normalized spacial score (nSPS) is 16.6. The molecule has 0 aliphatic carbocycles. The van der Waals surface area contributed by atoms with Gasteiger partial charge in [0.15, 0.2) is 30.6 Å². The Balaban J connectivity index is 1.53. The maximum Gasteiger partial charge on any atom is 0.265 e. The van der Waals surface area contributed by atoms with Gasteiger partial charge in [-0.1, -0.05) is 0 Å². The molecule has 1 atom stereocenters. The summed E-state index contributed by atoms with van der Waals surface area (Å²) in [6, 6.07) is 6.44. The number of hydrogen-bond donors (Lipinski definition) is 0. The molecule has 0 bridgehead atoms. The molecule has 2 aromatic carbocycles. The number of anilines is 1. The first-order valence-corrected chi connectivity index (χ1v) is 10.4. The van der Waals surface area contributed by atoms with Gasteiger partial charge in [0.1, 0.15) is 17.6 Å². The number of halogens is 2. The van der Waals surface area contributed by atoms with Crippen LogP contribution in [0.15, 0.2) is 36.4 Å². The second-order valence-corrected chi connectivity index (χ2v) is 7.64. The quantitative estimate of drug-likeness (QED) is 0.615. The third-order valence-corrected chi connectivity index (χ3v) is 5.48. The minimum absolute atomic E-state index is 0.186. The molecule has 10 heteroatoms. The molecule has 2 amide bonds. The van der Waals surface area contributed by atoms with E-state index in [0.717, 1.165) is 12.1 Å². The van der Waals surface area contributed by atoms with E-state index < -0.39 is 36.0 Å². The van der Waals surface area contributed by atoms with Crippen molar-refractivity contribution in [2.24, 2.45) is 0 Å². The van der Waals surface area contributed by atoms with E-state index in [1.165, 1.54) is 23.1 Å². The molecule has 0 N–H and O–H groups in total. The van der Waals surface area contributed by atoms with Crippen LogP contribution in [0.2, 0.25) is 0 Å². The van der Waals surface area contributed by atoms with E-state index in [4.69, 9.17) is 14.2 Å². The van der Waals surface area contributed by atoms with Gasteiger partial charge in [-0.2, -0.15) is 0 Å². The molecule has 174 valence electrons. The van der Waals surface area contributed by atoms with Gasteiger partial charge in [0.05, 0.1) is 18.9 Å². The third kappa shape index (κ3) is 4.80. The predicted molar refractivity (Wildman–Crippen MR) is 112 cm³/mol. The third-order valence-electron chi connectivity index (χ3n) is 5.48. The molecule has 0 spiro atoms. The van der Waals surface area contributed by atoms with Crippen LogP contribution >= 0.6 is 0 Å². The van der Waals surface area contributed by atoms with Crippen molar-refractivity contribution in [3.8, 4) is 11.5 Å². The van der Waals surface area contributed by atoms with Crippen LogP contribution < -0.4 is 14.4 Å². The Bertz CT molecular complexity index is 1090. The standard InChI is InChI=1S/C23H22F2N2O6/c1-14(23(30)26-6-8-31-9-7-26)27-18-10-15(2-4-21(18)33-13-22(27)29)19(28)12-32-20-5-3-16(24)11-17(20)25/h2-5,10-11,14H,6-9,12-13H2,1H3/t14-/m1/s1. The van der Waals surface area contributed by atoms with Gasteiger partial charge in [0, 0.05) is 24.7 Å². The molecular weight excluding hydrogens is 438 g/mol. The zero-order valence-corrected chi connectivity index (χ0v) is 17.9. The number of carbonyl (C=O) groups excluding carboxylic acids is 3. The highest BCUT2D eigenvalue weighted by atomic mass is 19.1. The molecule has 1 saturated heterocycles. The molecular formula is C23H22F2N2O6. The minimum atomic E-state index is -0.922. The summed E-state index contributed by atoms with van der Waals surface area (Å²) >= 11 is 0. The number of amides is 2. The van der Waals surface area contributed by atoms with E-state index in [-0.39, 0.29) is 23.8 Å². The average molecular weight is 460 g/mol. The summed E-state index contributed by atoms with van der Waals surface area (Å²) < 4.78 is 42.7. The molecule has 0 saturated carbocycles. The summed E-state index contributed by atoms with van der Waals surface area (Å²) in [6.45, 7) is 2.62.